The summed E-state index contributed by atoms with van der Waals surface area (Å²) in [4.78, 5) is 8.49. The van der Waals surface area contributed by atoms with Gasteiger partial charge >= 0.3 is 0 Å². The van der Waals surface area contributed by atoms with Crippen LogP contribution in [-0.4, -0.2) is 23.1 Å². The van der Waals surface area contributed by atoms with Crippen LogP contribution >= 0.6 is 0 Å². The summed E-state index contributed by atoms with van der Waals surface area (Å²) in [6.45, 7) is 7.36. The number of rotatable bonds is 6. The molecule has 0 atom stereocenters. The Balaban J connectivity index is 2.59. The number of nitrogens with one attached hydrogen (secondary N) is 2. The first-order chi connectivity index (χ1) is 8.11. The molecule has 1 heterocycles. The summed E-state index contributed by atoms with van der Waals surface area (Å²) in [7, 11) is 0. The molecular formula is C12H19N5. The van der Waals surface area contributed by atoms with Gasteiger partial charge < -0.3 is 10.6 Å². The zero-order chi connectivity index (χ0) is 12.7. The van der Waals surface area contributed by atoms with Crippen LogP contribution in [0.2, 0.25) is 0 Å². The summed E-state index contributed by atoms with van der Waals surface area (Å²) in [5.41, 5.74) is 0. The second kappa shape index (κ2) is 6.69. The fraction of sp³-hybridized carbons (Fsp3) is 0.583. The van der Waals surface area contributed by atoms with Crippen LogP contribution < -0.4 is 10.6 Å². The number of anilines is 2. The van der Waals surface area contributed by atoms with Crippen LogP contribution in [-0.2, 0) is 0 Å². The molecule has 0 amide bonds. The minimum Gasteiger partial charge on any atom is -0.370 e. The molecule has 2 N–H and O–H groups in total. The number of hydrogen-bond acceptors (Lipinski definition) is 5. The van der Waals surface area contributed by atoms with Crippen LogP contribution in [0.15, 0.2) is 6.07 Å². The summed E-state index contributed by atoms with van der Waals surface area (Å²) in [5, 5.41) is 14.7. The minimum absolute atomic E-state index is 0.252. The van der Waals surface area contributed by atoms with Crippen molar-refractivity contribution in [3.05, 3.63) is 11.9 Å². The van der Waals surface area contributed by atoms with Crippen LogP contribution in [0.3, 0.4) is 0 Å². The molecule has 0 aliphatic rings. The fourth-order valence-corrected chi connectivity index (χ4v) is 1.37. The normalized spacial score (nSPS) is 10.1. The van der Waals surface area contributed by atoms with Crippen LogP contribution in [0.25, 0.3) is 0 Å². The number of aromatic nitrogens is 2. The zero-order valence-electron chi connectivity index (χ0n) is 10.6. The van der Waals surface area contributed by atoms with Crippen molar-refractivity contribution in [1.29, 1.82) is 5.26 Å². The molecule has 0 aliphatic heterocycles. The average Bonchev–Trinajstić information content (AvgIpc) is 2.25. The lowest BCUT2D eigenvalue weighted by atomic mass is 10.1. The maximum absolute atomic E-state index is 8.50. The van der Waals surface area contributed by atoms with Crippen LogP contribution in [0.5, 0.6) is 0 Å². The fourth-order valence-electron chi connectivity index (χ4n) is 1.37. The highest BCUT2D eigenvalue weighted by molar-refractivity contribution is 5.47. The third kappa shape index (κ3) is 5.16. The Hall–Kier alpha value is -1.83. The number of hydrogen-bond donors (Lipinski definition) is 2. The molecule has 0 spiro atoms. The maximum Gasteiger partial charge on any atom is 0.132 e. The smallest absolute Gasteiger partial charge is 0.132 e. The first kappa shape index (κ1) is 13.2. The van der Waals surface area contributed by atoms with E-state index in [1.807, 2.05) is 19.1 Å². The van der Waals surface area contributed by atoms with E-state index < -0.39 is 0 Å². The Morgan fingerprint density at radius 1 is 1.29 bits per heavy atom. The highest BCUT2D eigenvalue weighted by Gasteiger charge is 2.01. The van der Waals surface area contributed by atoms with Gasteiger partial charge in [0, 0.05) is 12.6 Å². The van der Waals surface area contributed by atoms with Crippen LogP contribution in [0.4, 0.5) is 11.6 Å². The van der Waals surface area contributed by atoms with Crippen molar-refractivity contribution in [3.8, 4) is 6.07 Å². The number of aryl methyl sites for hydroxylation is 1. The number of nitrogens with zero attached hydrogens (tertiary/aromatic N) is 3. The van der Waals surface area contributed by atoms with Gasteiger partial charge in [0.25, 0.3) is 0 Å². The molecule has 0 saturated carbocycles. The third-order valence-corrected chi connectivity index (χ3v) is 2.21. The second-order valence-electron chi connectivity index (χ2n) is 4.31. The van der Waals surface area contributed by atoms with Gasteiger partial charge in [-0.05, 0) is 19.3 Å². The highest BCUT2D eigenvalue weighted by atomic mass is 15.1. The Morgan fingerprint density at radius 2 is 1.94 bits per heavy atom. The molecule has 0 fully saturated rings. The van der Waals surface area contributed by atoms with Gasteiger partial charge in [0.15, 0.2) is 0 Å². The van der Waals surface area contributed by atoms with Gasteiger partial charge in [-0.25, -0.2) is 9.97 Å². The van der Waals surface area contributed by atoms with Gasteiger partial charge in [-0.1, -0.05) is 13.8 Å². The SMILES string of the molecule is Cc1nc(NCC#N)cc(NCCC(C)C)n1. The summed E-state index contributed by atoms with van der Waals surface area (Å²) in [6, 6.07) is 3.85. The standard InChI is InChI=1S/C12H19N5/c1-9(2)4-6-14-11-8-12(15-7-5-13)17-10(3)16-11/h8-9H,4,6-7H2,1-3H3,(H2,14,15,16,17). The first-order valence-electron chi connectivity index (χ1n) is 5.82. The molecule has 0 unspecified atom stereocenters. The van der Waals surface area contributed by atoms with Crippen molar-refractivity contribution in [2.75, 3.05) is 23.7 Å². The molecule has 0 saturated heterocycles. The van der Waals surface area contributed by atoms with Gasteiger partial charge in [-0.3, -0.25) is 0 Å². The van der Waals surface area contributed by atoms with E-state index in [0.717, 1.165) is 18.8 Å². The van der Waals surface area contributed by atoms with Crippen LogP contribution in [0.1, 0.15) is 26.1 Å². The Kier molecular flexibility index (Phi) is 5.21. The summed E-state index contributed by atoms with van der Waals surface area (Å²) in [5.74, 6) is 2.85. The predicted molar refractivity (Wildman–Crippen MR) is 68.8 cm³/mol. The molecule has 0 aromatic carbocycles. The average molecular weight is 233 g/mol. The Bertz CT molecular complexity index is 394. The molecule has 1 aromatic heterocycles. The molecule has 1 rings (SSSR count). The second-order valence-corrected chi connectivity index (χ2v) is 4.31. The van der Waals surface area contributed by atoms with Gasteiger partial charge in [0.2, 0.25) is 0 Å². The van der Waals surface area contributed by atoms with Crippen molar-refractivity contribution < 1.29 is 0 Å². The van der Waals surface area contributed by atoms with Gasteiger partial charge in [0.1, 0.15) is 24.0 Å². The summed E-state index contributed by atoms with van der Waals surface area (Å²) >= 11 is 0. The van der Waals surface area contributed by atoms with Crippen molar-refractivity contribution in [1.82, 2.24) is 9.97 Å². The minimum atomic E-state index is 0.252. The molecule has 1 aromatic rings. The molecule has 5 heteroatoms. The van der Waals surface area contributed by atoms with E-state index in [9.17, 15) is 0 Å². The maximum atomic E-state index is 8.50. The van der Waals surface area contributed by atoms with E-state index in [-0.39, 0.29) is 6.54 Å². The van der Waals surface area contributed by atoms with Crippen molar-refractivity contribution in [2.24, 2.45) is 5.92 Å². The van der Waals surface area contributed by atoms with Gasteiger partial charge in [-0.15, -0.1) is 0 Å². The van der Waals surface area contributed by atoms with E-state index in [4.69, 9.17) is 5.26 Å². The lowest BCUT2D eigenvalue weighted by Crippen LogP contribution is -2.09. The number of nitriles is 1. The van der Waals surface area contributed by atoms with Gasteiger partial charge in [0.05, 0.1) is 6.07 Å². The highest BCUT2D eigenvalue weighted by Crippen LogP contribution is 2.11. The quantitative estimate of drug-likeness (QED) is 0.737. The molecule has 0 radical (unpaired) electrons. The van der Waals surface area contributed by atoms with E-state index in [0.29, 0.717) is 17.6 Å². The summed E-state index contributed by atoms with van der Waals surface area (Å²) in [6.07, 6.45) is 1.10. The molecular weight excluding hydrogens is 214 g/mol. The molecule has 92 valence electrons. The zero-order valence-corrected chi connectivity index (χ0v) is 10.6. The molecule has 5 nitrogen and oxygen atoms in total. The topological polar surface area (TPSA) is 73.6 Å². The lowest BCUT2D eigenvalue weighted by Gasteiger charge is -2.09. The van der Waals surface area contributed by atoms with Crippen molar-refractivity contribution >= 4 is 11.6 Å². The first-order valence-corrected chi connectivity index (χ1v) is 5.82. The van der Waals surface area contributed by atoms with Crippen molar-refractivity contribution in [2.45, 2.75) is 27.2 Å². The van der Waals surface area contributed by atoms with E-state index in [1.165, 1.54) is 0 Å². The van der Waals surface area contributed by atoms with E-state index in [2.05, 4.69) is 34.4 Å². The largest absolute Gasteiger partial charge is 0.370 e. The molecule has 0 bridgehead atoms. The van der Waals surface area contributed by atoms with Crippen LogP contribution in [0, 0.1) is 24.2 Å². The summed E-state index contributed by atoms with van der Waals surface area (Å²) < 4.78 is 0. The van der Waals surface area contributed by atoms with E-state index >= 15 is 0 Å². The Labute approximate surface area is 102 Å². The lowest BCUT2D eigenvalue weighted by molar-refractivity contribution is 0.606. The Morgan fingerprint density at radius 3 is 2.53 bits per heavy atom. The van der Waals surface area contributed by atoms with Crippen molar-refractivity contribution in [3.63, 3.8) is 0 Å². The predicted octanol–water partition coefficient (Wildman–Crippen LogP) is 2.18. The third-order valence-electron chi connectivity index (χ3n) is 2.21. The van der Waals surface area contributed by atoms with Gasteiger partial charge in [-0.2, -0.15) is 5.26 Å². The van der Waals surface area contributed by atoms with E-state index in [1.54, 1.807) is 0 Å². The monoisotopic (exact) mass is 233 g/mol. The molecule has 0 aliphatic carbocycles. The molecule has 17 heavy (non-hydrogen) atoms.